The summed E-state index contributed by atoms with van der Waals surface area (Å²) in [4.78, 5) is 12.2. The number of anilines is 1. The summed E-state index contributed by atoms with van der Waals surface area (Å²) in [6.07, 6.45) is 0. The van der Waals surface area contributed by atoms with E-state index in [1.807, 2.05) is 22.6 Å². The van der Waals surface area contributed by atoms with Crippen molar-refractivity contribution in [3.8, 4) is 5.75 Å². The van der Waals surface area contributed by atoms with E-state index < -0.39 is 11.7 Å². The van der Waals surface area contributed by atoms with E-state index in [0.29, 0.717) is 11.3 Å². The van der Waals surface area contributed by atoms with Gasteiger partial charge in [-0.15, -0.1) is 0 Å². The van der Waals surface area contributed by atoms with E-state index >= 15 is 0 Å². The lowest BCUT2D eigenvalue weighted by atomic mass is 10.2. The molecule has 0 saturated carbocycles. The fraction of sp³-hybridized carbons (Fsp3) is 0.0667. The predicted octanol–water partition coefficient (Wildman–Crippen LogP) is 3.57. The van der Waals surface area contributed by atoms with Gasteiger partial charge in [-0.25, -0.2) is 4.39 Å². The van der Waals surface area contributed by atoms with Crippen molar-refractivity contribution < 1.29 is 13.9 Å². The Morgan fingerprint density at radius 3 is 2.68 bits per heavy atom. The Labute approximate surface area is 146 Å². The fourth-order valence-corrected chi connectivity index (χ4v) is 2.40. The second kappa shape index (κ2) is 7.50. The Hall–Kier alpha value is -1.74. The second-order valence-corrected chi connectivity index (χ2v) is 5.89. The number of thiocarbonyl (C=S) groups is 1. The Kier molecular flexibility index (Phi) is 5.67. The molecular weight excluding hydrogens is 418 g/mol. The van der Waals surface area contributed by atoms with Crippen LogP contribution in [0.4, 0.5) is 10.1 Å². The first-order chi connectivity index (χ1) is 10.5. The normalized spacial score (nSPS) is 9.95. The van der Waals surface area contributed by atoms with Gasteiger partial charge in [0.05, 0.1) is 18.4 Å². The van der Waals surface area contributed by atoms with E-state index in [9.17, 15) is 9.18 Å². The van der Waals surface area contributed by atoms with Gasteiger partial charge in [-0.1, -0.05) is 12.1 Å². The molecule has 0 aliphatic carbocycles. The molecule has 0 spiro atoms. The topological polar surface area (TPSA) is 50.4 Å². The van der Waals surface area contributed by atoms with Crippen LogP contribution >= 0.6 is 34.8 Å². The first-order valence-electron chi connectivity index (χ1n) is 6.21. The van der Waals surface area contributed by atoms with Crippen LogP contribution in [0.5, 0.6) is 5.75 Å². The van der Waals surface area contributed by atoms with Crippen LogP contribution in [-0.4, -0.2) is 18.1 Å². The molecule has 0 saturated heterocycles. The number of nitrogens with one attached hydrogen (secondary N) is 2. The molecular formula is C15H12FIN2O2S. The molecule has 0 aliphatic rings. The number of rotatable bonds is 3. The molecule has 1 amide bonds. The van der Waals surface area contributed by atoms with Crippen LogP contribution in [0.2, 0.25) is 0 Å². The number of hydrogen-bond donors (Lipinski definition) is 2. The van der Waals surface area contributed by atoms with Crippen LogP contribution in [0.15, 0.2) is 42.5 Å². The van der Waals surface area contributed by atoms with Crippen LogP contribution in [-0.2, 0) is 0 Å². The van der Waals surface area contributed by atoms with Gasteiger partial charge in [-0.3, -0.25) is 10.1 Å². The second-order valence-electron chi connectivity index (χ2n) is 4.23. The summed E-state index contributed by atoms with van der Waals surface area (Å²) in [5.74, 6) is -0.440. The van der Waals surface area contributed by atoms with Crippen molar-refractivity contribution in [2.24, 2.45) is 0 Å². The number of carbonyl (C=O) groups is 1. The van der Waals surface area contributed by atoms with Crippen molar-refractivity contribution in [3.63, 3.8) is 0 Å². The summed E-state index contributed by atoms with van der Waals surface area (Å²) < 4.78 is 19.6. The van der Waals surface area contributed by atoms with Gasteiger partial charge in [0.1, 0.15) is 11.6 Å². The van der Waals surface area contributed by atoms with Crippen molar-refractivity contribution in [1.82, 2.24) is 5.32 Å². The Morgan fingerprint density at radius 1 is 1.27 bits per heavy atom. The van der Waals surface area contributed by atoms with Gasteiger partial charge >= 0.3 is 0 Å². The monoisotopic (exact) mass is 430 g/mol. The smallest absolute Gasteiger partial charge is 0.261 e. The van der Waals surface area contributed by atoms with Crippen LogP contribution in [0.25, 0.3) is 0 Å². The maximum Gasteiger partial charge on any atom is 0.261 e. The minimum atomic E-state index is -0.444. The highest BCUT2D eigenvalue weighted by atomic mass is 127. The molecule has 0 unspecified atom stereocenters. The van der Waals surface area contributed by atoms with Crippen LogP contribution in [0.1, 0.15) is 10.4 Å². The summed E-state index contributed by atoms with van der Waals surface area (Å²) in [7, 11) is 1.48. The number of carbonyl (C=O) groups excluding carboxylic acids is 1. The molecule has 0 fully saturated rings. The minimum Gasteiger partial charge on any atom is -0.496 e. The highest BCUT2D eigenvalue weighted by Gasteiger charge is 2.13. The maximum atomic E-state index is 13.7. The summed E-state index contributed by atoms with van der Waals surface area (Å²) in [5.41, 5.74) is 0.544. The Morgan fingerprint density at radius 2 is 2.00 bits per heavy atom. The zero-order chi connectivity index (χ0) is 16.1. The van der Waals surface area contributed by atoms with E-state index in [1.165, 1.54) is 13.2 Å². The quantitative estimate of drug-likeness (QED) is 0.578. The molecule has 7 heteroatoms. The zero-order valence-electron chi connectivity index (χ0n) is 11.5. The number of benzene rings is 2. The van der Waals surface area contributed by atoms with Gasteiger partial charge in [-0.2, -0.15) is 0 Å². The van der Waals surface area contributed by atoms with E-state index in [0.717, 1.165) is 3.57 Å². The van der Waals surface area contributed by atoms with E-state index in [4.69, 9.17) is 17.0 Å². The molecule has 0 aromatic heterocycles. The molecule has 0 heterocycles. The number of para-hydroxylation sites is 1. The van der Waals surface area contributed by atoms with Gasteiger partial charge < -0.3 is 10.1 Å². The lowest BCUT2D eigenvalue weighted by Crippen LogP contribution is -2.34. The number of methoxy groups -OCH3 is 1. The van der Waals surface area contributed by atoms with Crippen molar-refractivity contribution in [1.29, 1.82) is 0 Å². The molecule has 2 N–H and O–H groups in total. The van der Waals surface area contributed by atoms with Gasteiger partial charge in [-0.05, 0) is 65.1 Å². The lowest BCUT2D eigenvalue weighted by Gasteiger charge is -2.12. The van der Waals surface area contributed by atoms with Crippen molar-refractivity contribution in [2.45, 2.75) is 0 Å². The largest absolute Gasteiger partial charge is 0.496 e. The molecule has 0 bridgehead atoms. The highest BCUT2D eigenvalue weighted by molar-refractivity contribution is 14.1. The lowest BCUT2D eigenvalue weighted by molar-refractivity contribution is 0.0975. The SMILES string of the molecule is COc1ccccc1C(=O)NC(=S)Nc1ccc(I)cc1F. The zero-order valence-corrected chi connectivity index (χ0v) is 14.5. The molecule has 22 heavy (non-hydrogen) atoms. The summed E-state index contributed by atoms with van der Waals surface area (Å²) in [5, 5.41) is 5.16. The number of amides is 1. The molecule has 114 valence electrons. The molecule has 0 atom stereocenters. The first kappa shape index (κ1) is 16.6. The molecule has 0 aliphatic heterocycles. The highest BCUT2D eigenvalue weighted by Crippen LogP contribution is 2.18. The van der Waals surface area contributed by atoms with E-state index in [-0.39, 0.29) is 10.8 Å². The minimum absolute atomic E-state index is 0.0102. The molecule has 2 rings (SSSR count). The summed E-state index contributed by atoms with van der Waals surface area (Å²) in [6, 6.07) is 11.4. The third-order valence-electron chi connectivity index (χ3n) is 2.76. The number of ether oxygens (including phenoxy) is 1. The number of halogens is 2. The Bertz CT molecular complexity index is 724. The standard InChI is InChI=1S/C15H12FIN2O2S/c1-21-13-5-3-2-4-10(13)14(20)19-15(22)18-12-7-6-9(17)8-11(12)16/h2-8H,1H3,(H2,18,19,20,22). The summed E-state index contributed by atoms with van der Waals surface area (Å²) >= 11 is 7.04. The molecule has 4 nitrogen and oxygen atoms in total. The third-order valence-corrected chi connectivity index (χ3v) is 3.63. The van der Waals surface area contributed by atoms with Gasteiger partial charge in [0.2, 0.25) is 0 Å². The maximum absolute atomic E-state index is 13.7. The molecule has 2 aromatic rings. The fourth-order valence-electron chi connectivity index (χ4n) is 1.75. The molecule has 2 aromatic carbocycles. The molecule has 0 radical (unpaired) electrons. The van der Waals surface area contributed by atoms with Crippen molar-refractivity contribution in [3.05, 3.63) is 57.4 Å². The van der Waals surface area contributed by atoms with Gasteiger partial charge in [0, 0.05) is 3.57 Å². The van der Waals surface area contributed by atoms with E-state index in [2.05, 4.69) is 10.6 Å². The van der Waals surface area contributed by atoms with E-state index in [1.54, 1.807) is 36.4 Å². The van der Waals surface area contributed by atoms with Crippen LogP contribution < -0.4 is 15.4 Å². The van der Waals surface area contributed by atoms with Gasteiger partial charge in [0.15, 0.2) is 5.11 Å². The van der Waals surface area contributed by atoms with Crippen LogP contribution in [0, 0.1) is 9.39 Å². The predicted molar refractivity (Wildman–Crippen MR) is 95.8 cm³/mol. The first-order valence-corrected chi connectivity index (χ1v) is 7.70. The number of hydrogen-bond acceptors (Lipinski definition) is 3. The Balaban J connectivity index is 2.07. The van der Waals surface area contributed by atoms with Gasteiger partial charge in [0.25, 0.3) is 5.91 Å². The van der Waals surface area contributed by atoms with Crippen molar-refractivity contribution in [2.75, 3.05) is 12.4 Å². The average molecular weight is 430 g/mol. The third kappa shape index (κ3) is 4.14. The summed E-state index contributed by atoms with van der Waals surface area (Å²) in [6.45, 7) is 0. The van der Waals surface area contributed by atoms with Crippen molar-refractivity contribution >= 4 is 51.5 Å². The average Bonchev–Trinajstić information content (AvgIpc) is 2.50. The van der Waals surface area contributed by atoms with Crippen LogP contribution in [0.3, 0.4) is 0 Å².